The van der Waals surface area contributed by atoms with Crippen LogP contribution in [-0.4, -0.2) is 28.5 Å². The van der Waals surface area contributed by atoms with Gasteiger partial charge in [-0.3, -0.25) is 0 Å². The van der Waals surface area contributed by atoms with Crippen molar-refractivity contribution in [1.82, 2.24) is 15.5 Å². The van der Waals surface area contributed by atoms with E-state index in [4.69, 9.17) is 4.52 Å². The molecule has 18 heavy (non-hydrogen) atoms. The van der Waals surface area contributed by atoms with Crippen LogP contribution in [0.3, 0.4) is 0 Å². The van der Waals surface area contributed by atoms with Gasteiger partial charge < -0.3 is 9.84 Å². The molecule has 0 aliphatic rings. The van der Waals surface area contributed by atoms with Crippen molar-refractivity contribution in [3.63, 3.8) is 0 Å². The molecule has 2 unspecified atom stereocenters. The Morgan fingerprint density at radius 1 is 1.33 bits per heavy atom. The van der Waals surface area contributed by atoms with Gasteiger partial charge in [0.15, 0.2) is 5.82 Å². The molecule has 0 saturated carbocycles. The molecule has 4 nitrogen and oxygen atoms in total. The SMILES string of the molecule is CCCSCc1noc(C(C)C(CC)NCC)n1. The summed E-state index contributed by atoms with van der Waals surface area (Å²) in [6, 6.07) is 0.409. The second-order valence-electron chi connectivity index (χ2n) is 4.46. The normalized spacial score (nSPS) is 14.7. The Balaban J connectivity index is 2.54. The van der Waals surface area contributed by atoms with E-state index in [1.807, 2.05) is 11.8 Å². The maximum absolute atomic E-state index is 5.37. The maximum atomic E-state index is 5.37. The monoisotopic (exact) mass is 271 g/mol. The van der Waals surface area contributed by atoms with E-state index in [0.717, 1.165) is 36.2 Å². The maximum Gasteiger partial charge on any atom is 0.231 e. The molecule has 0 aliphatic carbocycles. The summed E-state index contributed by atoms with van der Waals surface area (Å²) in [5.41, 5.74) is 0. The van der Waals surface area contributed by atoms with E-state index in [9.17, 15) is 0 Å². The van der Waals surface area contributed by atoms with Crippen LogP contribution in [0.15, 0.2) is 4.52 Å². The first-order valence-electron chi connectivity index (χ1n) is 6.86. The number of hydrogen-bond acceptors (Lipinski definition) is 5. The molecular weight excluding hydrogens is 246 g/mol. The molecule has 0 aliphatic heterocycles. The van der Waals surface area contributed by atoms with E-state index in [1.165, 1.54) is 6.42 Å². The second-order valence-corrected chi connectivity index (χ2v) is 5.57. The van der Waals surface area contributed by atoms with Gasteiger partial charge in [0.05, 0.1) is 11.7 Å². The van der Waals surface area contributed by atoms with Crippen LogP contribution in [0.25, 0.3) is 0 Å². The van der Waals surface area contributed by atoms with Crippen LogP contribution in [0, 0.1) is 0 Å². The number of nitrogens with zero attached hydrogens (tertiary/aromatic N) is 2. The minimum absolute atomic E-state index is 0.271. The zero-order valence-corrected chi connectivity index (χ0v) is 12.7. The van der Waals surface area contributed by atoms with Crippen molar-refractivity contribution >= 4 is 11.8 Å². The van der Waals surface area contributed by atoms with E-state index in [-0.39, 0.29) is 5.92 Å². The van der Waals surface area contributed by atoms with Crippen LogP contribution in [-0.2, 0) is 5.75 Å². The third kappa shape index (κ3) is 4.61. The van der Waals surface area contributed by atoms with Crippen molar-refractivity contribution in [3.8, 4) is 0 Å². The molecule has 1 heterocycles. The smallest absolute Gasteiger partial charge is 0.231 e. The van der Waals surface area contributed by atoms with Crippen molar-refractivity contribution in [2.75, 3.05) is 12.3 Å². The van der Waals surface area contributed by atoms with Crippen molar-refractivity contribution in [3.05, 3.63) is 11.7 Å². The highest BCUT2D eigenvalue weighted by atomic mass is 32.2. The molecule has 0 radical (unpaired) electrons. The third-order valence-corrected chi connectivity index (χ3v) is 4.12. The average Bonchev–Trinajstić information content (AvgIpc) is 2.84. The Morgan fingerprint density at radius 3 is 2.72 bits per heavy atom. The first kappa shape index (κ1) is 15.5. The Hall–Kier alpha value is -0.550. The lowest BCUT2D eigenvalue weighted by atomic mass is 9.99. The number of hydrogen-bond donors (Lipinski definition) is 1. The summed E-state index contributed by atoms with van der Waals surface area (Å²) >= 11 is 1.86. The van der Waals surface area contributed by atoms with Gasteiger partial charge in [0.2, 0.25) is 5.89 Å². The zero-order chi connectivity index (χ0) is 13.4. The van der Waals surface area contributed by atoms with Crippen molar-refractivity contribution in [2.45, 2.75) is 58.2 Å². The fraction of sp³-hybridized carbons (Fsp3) is 0.846. The number of nitrogens with one attached hydrogen (secondary N) is 1. The summed E-state index contributed by atoms with van der Waals surface area (Å²) in [5.74, 6) is 3.85. The highest BCUT2D eigenvalue weighted by molar-refractivity contribution is 7.98. The fourth-order valence-electron chi connectivity index (χ4n) is 1.93. The lowest BCUT2D eigenvalue weighted by molar-refractivity contribution is 0.320. The quantitative estimate of drug-likeness (QED) is 0.699. The minimum Gasteiger partial charge on any atom is -0.339 e. The lowest BCUT2D eigenvalue weighted by Crippen LogP contribution is -2.33. The molecule has 0 fully saturated rings. The molecule has 2 atom stereocenters. The van der Waals surface area contributed by atoms with Crippen LogP contribution in [0.1, 0.15) is 58.2 Å². The summed E-state index contributed by atoms with van der Waals surface area (Å²) in [6.45, 7) is 9.59. The fourth-order valence-corrected chi connectivity index (χ4v) is 2.66. The molecule has 1 rings (SSSR count). The molecule has 0 aromatic carbocycles. The van der Waals surface area contributed by atoms with E-state index in [0.29, 0.717) is 6.04 Å². The Morgan fingerprint density at radius 2 is 2.11 bits per heavy atom. The highest BCUT2D eigenvalue weighted by Gasteiger charge is 2.22. The van der Waals surface area contributed by atoms with Gasteiger partial charge in [-0.25, -0.2) is 0 Å². The topological polar surface area (TPSA) is 51.0 Å². The predicted octanol–water partition coefficient (Wildman–Crippen LogP) is 3.20. The zero-order valence-electron chi connectivity index (χ0n) is 11.9. The van der Waals surface area contributed by atoms with Crippen LogP contribution < -0.4 is 5.32 Å². The van der Waals surface area contributed by atoms with Crippen molar-refractivity contribution in [2.24, 2.45) is 0 Å². The summed E-state index contributed by atoms with van der Waals surface area (Å²) in [5, 5.41) is 7.51. The van der Waals surface area contributed by atoms with Gasteiger partial charge in [0.1, 0.15) is 0 Å². The van der Waals surface area contributed by atoms with Gasteiger partial charge in [-0.05, 0) is 25.1 Å². The molecule has 1 aromatic rings. The first-order chi connectivity index (χ1) is 8.72. The predicted molar refractivity (Wildman–Crippen MR) is 76.9 cm³/mol. The van der Waals surface area contributed by atoms with Crippen molar-refractivity contribution in [1.29, 1.82) is 0 Å². The molecule has 104 valence electrons. The van der Waals surface area contributed by atoms with Crippen LogP contribution in [0.2, 0.25) is 0 Å². The summed E-state index contributed by atoms with van der Waals surface area (Å²) in [6.07, 6.45) is 2.25. The molecule has 0 saturated heterocycles. The Bertz CT molecular complexity index is 330. The second kappa shape index (κ2) is 8.53. The summed E-state index contributed by atoms with van der Waals surface area (Å²) in [7, 11) is 0. The third-order valence-electron chi connectivity index (χ3n) is 2.96. The number of aromatic nitrogens is 2. The van der Waals surface area contributed by atoms with E-state index < -0.39 is 0 Å². The summed E-state index contributed by atoms with van der Waals surface area (Å²) < 4.78 is 5.37. The Labute approximate surface area is 114 Å². The molecule has 0 bridgehead atoms. The summed E-state index contributed by atoms with van der Waals surface area (Å²) in [4.78, 5) is 4.49. The van der Waals surface area contributed by atoms with Crippen LogP contribution in [0.4, 0.5) is 0 Å². The molecule has 5 heteroatoms. The van der Waals surface area contributed by atoms with Gasteiger partial charge in [-0.1, -0.05) is 32.9 Å². The van der Waals surface area contributed by atoms with E-state index in [2.05, 4.69) is 43.2 Å². The van der Waals surface area contributed by atoms with Crippen molar-refractivity contribution < 1.29 is 4.52 Å². The Kier molecular flexibility index (Phi) is 7.35. The van der Waals surface area contributed by atoms with E-state index in [1.54, 1.807) is 0 Å². The van der Waals surface area contributed by atoms with Gasteiger partial charge in [0.25, 0.3) is 0 Å². The number of likely N-dealkylation sites (N-methyl/N-ethyl adjacent to an activating group) is 1. The van der Waals surface area contributed by atoms with Crippen LogP contribution >= 0.6 is 11.8 Å². The minimum atomic E-state index is 0.271. The lowest BCUT2D eigenvalue weighted by Gasteiger charge is -2.20. The first-order valence-corrected chi connectivity index (χ1v) is 8.01. The van der Waals surface area contributed by atoms with Crippen LogP contribution in [0.5, 0.6) is 0 Å². The number of rotatable bonds is 9. The number of thioether (sulfide) groups is 1. The molecule has 0 amide bonds. The molecular formula is C13H25N3OS. The molecule has 0 spiro atoms. The highest BCUT2D eigenvalue weighted by Crippen LogP contribution is 2.20. The van der Waals surface area contributed by atoms with E-state index >= 15 is 0 Å². The standard InChI is InChI=1S/C13H25N3OS/c1-5-8-18-9-12-15-13(17-16-12)10(4)11(6-2)14-7-3/h10-11,14H,5-9H2,1-4H3. The average molecular weight is 271 g/mol. The van der Waals surface area contributed by atoms with Gasteiger partial charge in [-0.15, -0.1) is 0 Å². The van der Waals surface area contributed by atoms with Gasteiger partial charge >= 0.3 is 0 Å². The molecule has 1 aromatic heterocycles. The van der Waals surface area contributed by atoms with Gasteiger partial charge in [0, 0.05) is 6.04 Å². The molecule has 1 N–H and O–H groups in total. The van der Waals surface area contributed by atoms with Gasteiger partial charge in [-0.2, -0.15) is 16.7 Å². The largest absolute Gasteiger partial charge is 0.339 e.